The van der Waals surface area contributed by atoms with E-state index in [-0.39, 0.29) is 5.91 Å². The molecule has 0 aromatic carbocycles. The maximum atomic E-state index is 11.6. The van der Waals surface area contributed by atoms with Crippen molar-refractivity contribution in [3.63, 3.8) is 0 Å². The van der Waals surface area contributed by atoms with Crippen molar-refractivity contribution in [3.05, 3.63) is 0 Å². The zero-order valence-corrected chi connectivity index (χ0v) is 8.82. The Hall–Kier alpha value is -1.50. The molecule has 82 valence electrons. The molecule has 1 rings (SSSR count). The van der Waals surface area contributed by atoms with Crippen LogP contribution in [0.25, 0.3) is 0 Å². The highest BCUT2D eigenvalue weighted by Crippen LogP contribution is 2.16. The molecule has 0 aromatic heterocycles. The van der Waals surface area contributed by atoms with Crippen molar-refractivity contribution in [2.45, 2.75) is 38.6 Å². The average Bonchev–Trinajstić information content (AvgIpc) is 2.42. The Morgan fingerprint density at radius 3 is 2.67 bits per heavy atom. The van der Waals surface area contributed by atoms with Crippen molar-refractivity contribution >= 4 is 11.9 Å². The highest BCUT2D eigenvalue weighted by atomic mass is 16.4. The Bertz CT molecular complexity index is 314. The number of carboxylic acid groups (broad SMARTS) is 1. The normalized spacial score (nSPS) is 21.1. The summed E-state index contributed by atoms with van der Waals surface area (Å²) < 4.78 is 0. The van der Waals surface area contributed by atoms with Crippen molar-refractivity contribution in [1.82, 2.24) is 4.90 Å². The first-order chi connectivity index (χ1) is 7.16. The number of hydrogen-bond donors (Lipinski definition) is 1. The fraction of sp³-hybridized carbons (Fsp3) is 0.636. The predicted octanol–water partition coefficient (Wildman–Crippen LogP) is 0.865. The first-order valence-corrected chi connectivity index (χ1v) is 5.13. The molecule has 1 N–H and O–H groups in total. The highest BCUT2D eigenvalue weighted by Gasteiger charge is 2.29. The summed E-state index contributed by atoms with van der Waals surface area (Å²) in [5, 5.41) is 9.01. The van der Waals surface area contributed by atoms with Crippen LogP contribution in [0.3, 0.4) is 0 Å². The van der Waals surface area contributed by atoms with Crippen LogP contribution in [0.5, 0.6) is 0 Å². The molecule has 1 unspecified atom stereocenters. The van der Waals surface area contributed by atoms with Gasteiger partial charge >= 0.3 is 5.97 Å². The number of rotatable bonds is 1. The Kier molecular flexibility index (Phi) is 4.17. The van der Waals surface area contributed by atoms with Gasteiger partial charge in [-0.3, -0.25) is 4.79 Å². The van der Waals surface area contributed by atoms with Crippen LogP contribution in [-0.2, 0) is 9.59 Å². The molecule has 0 spiro atoms. The van der Waals surface area contributed by atoms with Gasteiger partial charge in [0.25, 0.3) is 5.91 Å². The van der Waals surface area contributed by atoms with E-state index in [1.165, 1.54) is 4.90 Å². The number of carbonyl (C=O) groups excluding carboxylic acids is 1. The second kappa shape index (κ2) is 5.40. The standard InChI is InChI=1S/C11H15NO3/c1-2-6-10(13)12-8-5-3-4-7-9(12)11(14)15/h9H,3-5,7-8H2,1H3,(H,14,15). The molecule has 1 fully saturated rings. The molecule has 0 aromatic rings. The van der Waals surface area contributed by atoms with Gasteiger partial charge in [-0.1, -0.05) is 18.8 Å². The number of carboxylic acids is 1. The number of carbonyl (C=O) groups is 2. The molecule has 1 amide bonds. The molecule has 0 aliphatic carbocycles. The molecular formula is C11H15NO3. The van der Waals surface area contributed by atoms with Crippen molar-refractivity contribution < 1.29 is 14.7 Å². The summed E-state index contributed by atoms with van der Waals surface area (Å²) >= 11 is 0. The molecule has 15 heavy (non-hydrogen) atoms. The third-order valence-electron chi connectivity index (χ3n) is 2.53. The second-order valence-corrected chi connectivity index (χ2v) is 3.58. The van der Waals surface area contributed by atoms with Crippen LogP contribution in [0.4, 0.5) is 0 Å². The summed E-state index contributed by atoms with van der Waals surface area (Å²) in [6.45, 7) is 2.08. The van der Waals surface area contributed by atoms with E-state index >= 15 is 0 Å². The summed E-state index contributed by atoms with van der Waals surface area (Å²) in [6, 6.07) is -0.694. The minimum atomic E-state index is -0.928. The van der Waals surface area contributed by atoms with Crippen LogP contribution in [0, 0.1) is 11.8 Å². The van der Waals surface area contributed by atoms with E-state index in [0.717, 1.165) is 19.3 Å². The van der Waals surface area contributed by atoms with Gasteiger partial charge in [-0.15, -0.1) is 0 Å². The summed E-state index contributed by atoms with van der Waals surface area (Å²) in [4.78, 5) is 23.9. The summed E-state index contributed by atoms with van der Waals surface area (Å²) in [6.07, 6.45) is 3.24. The quantitative estimate of drug-likeness (QED) is 0.652. The molecule has 4 heteroatoms. The molecule has 1 atom stereocenters. The largest absolute Gasteiger partial charge is 0.480 e. The smallest absolute Gasteiger partial charge is 0.326 e. The van der Waals surface area contributed by atoms with Gasteiger partial charge in [-0.2, -0.15) is 0 Å². The lowest BCUT2D eigenvalue weighted by Gasteiger charge is -2.24. The molecular weight excluding hydrogens is 194 g/mol. The lowest BCUT2D eigenvalue weighted by Crippen LogP contribution is -2.44. The molecule has 1 aliphatic rings. The van der Waals surface area contributed by atoms with E-state index in [4.69, 9.17) is 5.11 Å². The van der Waals surface area contributed by atoms with Crippen LogP contribution in [0.15, 0.2) is 0 Å². The Labute approximate surface area is 89.3 Å². The topological polar surface area (TPSA) is 57.6 Å². The second-order valence-electron chi connectivity index (χ2n) is 3.58. The molecule has 0 bridgehead atoms. The van der Waals surface area contributed by atoms with Crippen LogP contribution >= 0.6 is 0 Å². The van der Waals surface area contributed by atoms with Gasteiger partial charge in [-0.05, 0) is 25.7 Å². The molecule has 1 saturated heterocycles. The number of aliphatic carboxylic acids is 1. The third-order valence-corrected chi connectivity index (χ3v) is 2.53. The zero-order chi connectivity index (χ0) is 11.3. The summed E-state index contributed by atoms with van der Waals surface area (Å²) in [5.41, 5.74) is 0. The Morgan fingerprint density at radius 2 is 2.07 bits per heavy atom. The summed E-state index contributed by atoms with van der Waals surface area (Å²) in [7, 11) is 0. The van der Waals surface area contributed by atoms with Crippen molar-refractivity contribution in [1.29, 1.82) is 0 Å². The Morgan fingerprint density at radius 1 is 1.33 bits per heavy atom. The highest BCUT2D eigenvalue weighted by molar-refractivity contribution is 5.96. The first-order valence-electron chi connectivity index (χ1n) is 5.13. The van der Waals surface area contributed by atoms with Gasteiger partial charge in [-0.25, -0.2) is 4.79 Å². The van der Waals surface area contributed by atoms with Gasteiger partial charge in [0.15, 0.2) is 0 Å². The minimum Gasteiger partial charge on any atom is -0.480 e. The van der Waals surface area contributed by atoms with E-state index in [1.807, 2.05) is 0 Å². The van der Waals surface area contributed by atoms with Gasteiger partial charge in [0, 0.05) is 6.54 Å². The van der Waals surface area contributed by atoms with Crippen LogP contribution in [0.2, 0.25) is 0 Å². The van der Waals surface area contributed by atoms with Crippen molar-refractivity contribution in [2.24, 2.45) is 0 Å². The monoisotopic (exact) mass is 209 g/mol. The Balaban J connectivity index is 2.81. The van der Waals surface area contributed by atoms with E-state index in [1.54, 1.807) is 6.92 Å². The lowest BCUT2D eigenvalue weighted by molar-refractivity contribution is -0.148. The number of nitrogens with zero attached hydrogens (tertiary/aromatic N) is 1. The molecule has 1 heterocycles. The van der Waals surface area contributed by atoms with Gasteiger partial charge in [0.1, 0.15) is 6.04 Å². The predicted molar refractivity (Wildman–Crippen MR) is 55.1 cm³/mol. The third kappa shape index (κ3) is 2.98. The van der Waals surface area contributed by atoms with Gasteiger partial charge in [0.05, 0.1) is 0 Å². The van der Waals surface area contributed by atoms with Crippen LogP contribution in [-0.4, -0.2) is 34.5 Å². The number of amides is 1. The van der Waals surface area contributed by atoms with E-state index in [0.29, 0.717) is 13.0 Å². The van der Waals surface area contributed by atoms with E-state index < -0.39 is 12.0 Å². The van der Waals surface area contributed by atoms with Crippen molar-refractivity contribution in [3.8, 4) is 11.8 Å². The minimum absolute atomic E-state index is 0.369. The molecule has 0 saturated carbocycles. The van der Waals surface area contributed by atoms with E-state index in [2.05, 4.69) is 11.8 Å². The lowest BCUT2D eigenvalue weighted by atomic mass is 10.1. The zero-order valence-electron chi connectivity index (χ0n) is 8.82. The first kappa shape index (κ1) is 11.6. The van der Waals surface area contributed by atoms with Gasteiger partial charge < -0.3 is 10.0 Å². The maximum Gasteiger partial charge on any atom is 0.326 e. The van der Waals surface area contributed by atoms with Gasteiger partial charge in [0.2, 0.25) is 0 Å². The molecule has 1 aliphatic heterocycles. The maximum absolute atomic E-state index is 11.6. The fourth-order valence-corrected chi connectivity index (χ4v) is 1.79. The SMILES string of the molecule is CC#CC(=O)N1CCCCCC1C(=O)O. The van der Waals surface area contributed by atoms with Crippen molar-refractivity contribution in [2.75, 3.05) is 6.54 Å². The average molecular weight is 209 g/mol. The summed E-state index contributed by atoms with van der Waals surface area (Å²) in [5.74, 6) is 3.62. The molecule has 4 nitrogen and oxygen atoms in total. The van der Waals surface area contributed by atoms with Crippen LogP contribution in [0.1, 0.15) is 32.6 Å². The van der Waals surface area contributed by atoms with E-state index in [9.17, 15) is 9.59 Å². The number of hydrogen-bond acceptors (Lipinski definition) is 2. The molecule has 0 radical (unpaired) electrons. The number of likely N-dealkylation sites (tertiary alicyclic amines) is 1. The fourth-order valence-electron chi connectivity index (χ4n) is 1.79. The van der Waals surface area contributed by atoms with Crippen LogP contribution < -0.4 is 0 Å².